The second-order valence-electron chi connectivity index (χ2n) is 5.33. The standard InChI is InChI=1S/C15H18ClN5O/c16-12-5-6-14(21-11-17-10-18-21)13(9-12)19-15(22)20-7-3-1-2-4-8-20/h5-6,9-11H,1-4,7-8H2,(H,19,22). The molecule has 0 unspecified atom stereocenters. The predicted molar refractivity (Wildman–Crippen MR) is 85.4 cm³/mol. The van der Waals surface area contributed by atoms with Gasteiger partial charge in [-0.25, -0.2) is 14.5 Å². The van der Waals surface area contributed by atoms with Gasteiger partial charge < -0.3 is 10.2 Å². The summed E-state index contributed by atoms with van der Waals surface area (Å²) < 4.78 is 1.61. The van der Waals surface area contributed by atoms with Crippen LogP contribution in [0.15, 0.2) is 30.9 Å². The molecule has 1 N–H and O–H groups in total. The number of rotatable bonds is 2. The highest BCUT2D eigenvalue weighted by Crippen LogP contribution is 2.24. The lowest BCUT2D eigenvalue weighted by atomic mass is 10.2. The van der Waals surface area contributed by atoms with Gasteiger partial charge in [-0.15, -0.1) is 0 Å². The third-order valence-electron chi connectivity index (χ3n) is 3.76. The molecule has 0 radical (unpaired) electrons. The summed E-state index contributed by atoms with van der Waals surface area (Å²) in [5.74, 6) is 0. The lowest BCUT2D eigenvalue weighted by molar-refractivity contribution is 0.214. The zero-order chi connectivity index (χ0) is 15.4. The van der Waals surface area contributed by atoms with Crippen LogP contribution in [0.3, 0.4) is 0 Å². The molecule has 1 aromatic heterocycles. The van der Waals surface area contributed by atoms with Crippen LogP contribution in [0.5, 0.6) is 0 Å². The summed E-state index contributed by atoms with van der Waals surface area (Å²) in [6.45, 7) is 1.59. The van der Waals surface area contributed by atoms with Crippen molar-refractivity contribution in [3.8, 4) is 5.69 Å². The molecule has 1 aliphatic rings. The monoisotopic (exact) mass is 319 g/mol. The fourth-order valence-electron chi connectivity index (χ4n) is 2.61. The Bertz CT molecular complexity index is 635. The fourth-order valence-corrected chi connectivity index (χ4v) is 2.78. The third-order valence-corrected chi connectivity index (χ3v) is 3.99. The molecule has 1 saturated heterocycles. The summed E-state index contributed by atoms with van der Waals surface area (Å²) in [5.41, 5.74) is 1.37. The summed E-state index contributed by atoms with van der Waals surface area (Å²) in [6, 6.07) is 5.22. The van der Waals surface area contributed by atoms with Crippen LogP contribution < -0.4 is 5.32 Å². The van der Waals surface area contributed by atoms with E-state index in [1.165, 1.54) is 19.2 Å². The van der Waals surface area contributed by atoms with Crippen molar-refractivity contribution in [1.82, 2.24) is 19.7 Å². The maximum Gasteiger partial charge on any atom is 0.321 e. The number of halogens is 1. The molecule has 3 rings (SSSR count). The average Bonchev–Trinajstić information content (AvgIpc) is 2.89. The summed E-state index contributed by atoms with van der Waals surface area (Å²) in [7, 11) is 0. The van der Waals surface area contributed by atoms with Gasteiger partial charge in [-0.1, -0.05) is 24.4 Å². The van der Waals surface area contributed by atoms with Crippen LogP contribution in [-0.2, 0) is 0 Å². The van der Waals surface area contributed by atoms with Crippen molar-refractivity contribution in [3.05, 3.63) is 35.9 Å². The summed E-state index contributed by atoms with van der Waals surface area (Å²) in [5, 5.41) is 7.63. The lowest BCUT2D eigenvalue weighted by Gasteiger charge is -2.21. The molecule has 2 heterocycles. The normalized spacial score (nSPS) is 15.4. The van der Waals surface area contributed by atoms with Gasteiger partial charge >= 0.3 is 6.03 Å². The van der Waals surface area contributed by atoms with Crippen molar-refractivity contribution in [2.75, 3.05) is 18.4 Å². The first-order chi connectivity index (χ1) is 10.7. The quantitative estimate of drug-likeness (QED) is 0.923. The summed E-state index contributed by atoms with van der Waals surface area (Å²) in [6.07, 6.45) is 7.52. The zero-order valence-electron chi connectivity index (χ0n) is 12.2. The number of nitrogens with one attached hydrogen (secondary N) is 1. The van der Waals surface area contributed by atoms with Crippen LogP contribution in [0, 0.1) is 0 Å². The van der Waals surface area contributed by atoms with Crippen LogP contribution in [-0.4, -0.2) is 38.8 Å². The molecular weight excluding hydrogens is 302 g/mol. The molecule has 2 aromatic rings. The van der Waals surface area contributed by atoms with E-state index >= 15 is 0 Å². The van der Waals surface area contributed by atoms with Gasteiger partial charge in [0.15, 0.2) is 0 Å². The van der Waals surface area contributed by atoms with Crippen molar-refractivity contribution in [3.63, 3.8) is 0 Å². The number of carbonyl (C=O) groups is 1. The second kappa shape index (κ2) is 6.79. The summed E-state index contributed by atoms with van der Waals surface area (Å²) >= 11 is 6.06. The Hall–Kier alpha value is -2.08. The molecule has 6 nitrogen and oxygen atoms in total. The van der Waals surface area contributed by atoms with Gasteiger partial charge in [0.05, 0.1) is 11.4 Å². The highest BCUT2D eigenvalue weighted by atomic mass is 35.5. The van der Waals surface area contributed by atoms with Crippen LogP contribution >= 0.6 is 11.6 Å². The van der Waals surface area contributed by atoms with E-state index in [1.807, 2.05) is 11.0 Å². The Morgan fingerprint density at radius 1 is 1.18 bits per heavy atom. The van der Waals surface area contributed by atoms with Crippen LogP contribution in [0.1, 0.15) is 25.7 Å². The molecule has 1 aromatic carbocycles. The maximum absolute atomic E-state index is 12.5. The van der Waals surface area contributed by atoms with E-state index in [2.05, 4.69) is 15.4 Å². The van der Waals surface area contributed by atoms with Crippen LogP contribution in [0.4, 0.5) is 10.5 Å². The number of benzene rings is 1. The smallest absolute Gasteiger partial charge is 0.321 e. The zero-order valence-corrected chi connectivity index (χ0v) is 13.0. The van der Waals surface area contributed by atoms with Crippen molar-refractivity contribution in [1.29, 1.82) is 0 Å². The number of carbonyl (C=O) groups excluding carboxylic acids is 1. The molecule has 0 atom stereocenters. The van der Waals surface area contributed by atoms with E-state index in [9.17, 15) is 4.79 Å². The molecule has 0 saturated carbocycles. The van der Waals surface area contributed by atoms with Gasteiger partial charge in [-0.3, -0.25) is 0 Å². The van der Waals surface area contributed by atoms with Gasteiger partial charge in [-0.05, 0) is 31.0 Å². The average molecular weight is 320 g/mol. The van der Waals surface area contributed by atoms with Gasteiger partial charge in [0.25, 0.3) is 0 Å². The number of hydrogen-bond acceptors (Lipinski definition) is 3. The van der Waals surface area contributed by atoms with Crippen molar-refractivity contribution in [2.24, 2.45) is 0 Å². The fraction of sp³-hybridized carbons (Fsp3) is 0.400. The highest BCUT2D eigenvalue weighted by Gasteiger charge is 2.17. The van der Waals surface area contributed by atoms with E-state index in [4.69, 9.17) is 11.6 Å². The van der Waals surface area contributed by atoms with Gasteiger partial charge in [0.2, 0.25) is 0 Å². The first-order valence-electron chi connectivity index (χ1n) is 7.44. The van der Waals surface area contributed by atoms with Crippen LogP contribution in [0.25, 0.3) is 5.69 Å². The number of aromatic nitrogens is 3. The van der Waals surface area contributed by atoms with E-state index in [-0.39, 0.29) is 6.03 Å². The largest absolute Gasteiger partial charge is 0.325 e. The van der Waals surface area contributed by atoms with E-state index < -0.39 is 0 Å². The van der Waals surface area contributed by atoms with Crippen LogP contribution in [0.2, 0.25) is 5.02 Å². The highest BCUT2D eigenvalue weighted by molar-refractivity contribution is 6.31. The molecule has 0 aliphatic carbocycles. The van der Waals surface area contributed by atoms with Crippen molar-refractivity contribution >= 4 is 23.3 Å². The molecule has 7 heteroatoms. The minimum absolute atomic E-state index is 0.0921. The Labute approximate surface area is 134 Å². The molecular formula is C15H18ClN5O. The first-order valence-corrected chi connectivity index (χ1v) is 7.82. The predicted octanol–water partition coefficient (Wildman–Crippen LogP) is 3.33. The number of nitrogens with zero attached hydrogens (tertiary/aromatic N) is 4. The van der Waals surface area contributed by atoms with E-state index in [0.29, 0.717) is 10.7 Å². The number of urea groups is 1. The van der Waals surface area contributed by atoms with Gasteiger partial charge in [0.1, 0.15) is 12.7 Å². The Morgan fingerprint density at radius 3 is 2.64 bits per heavy atom. The van der Waals surface area contributed by atoms with E-state index in [0.717, 1.165) is 31.6 Å². The molecule has 22 heavy (non-hydrogen) atoms. The molecule has 116 valence electrons. The van der Waals surface area contributed by atoms with Crippen molar-refractivity contribution in [2.45, 2.75) is 25.7 Å². The lowest BCUT2D eigenvalue weighted by Crippen LogP contribution is -2.35. The number of hydrogen-bond donors (Lipinski definition) is 1. The first kappa shape index (κ1) is 14.8. The topological polar surface area (TPSA) is 63.1 Å². The molecule has 1 aliphatic heterocycles. The number of anilines is 1. The van der Waals surface area contributed by atoms with Crippen molar-refractivity contribution < 1.29 is 4.79 Å². The van der Waals surface area contributed by atoms with E-state index in [1.54, 1.807) is 23.1 Å². The van der Waals surface area contributed by atoms with Gasteiger partial charge in [0, 0.05) is 18.1 Å². The number of amides is 2. The molecule has 1 fully saturated rings. The Kier molecular flexibility index (Phi) is 4.58. The SMILES string of the molecule is O=C(Nc1cc(Cl)ccc1-n1cncn1)N1CCCCCC1. The maximum atomic E-state index is 12.5. The minimum atomic E-state index is -0.0921. The third kappa shape index (κ3) is 3.39. The van der Waals surface area contributed by atoms with Gasteiger partial charge in [-0.2, -0.15) is 5.10 Å². The second-order valence-corrected chi connectivity index (χ2v) is 5.77. The Balaban J connectivity index is 1.81. The number of likely N-dealkylation sites (tertiary alicyclic amines) is 1. The molecule has 0 spiro atoms. The summed E-state index contributed by atoms with van der Waals surface area (Å²) in [4.78, 5) is 18.3. The Morgan fingerprint density at radius 2 is 1.95 bits per heavy atom. The molecule has 2 amide bonds. The minimum Gasteiger partial charge on any atom is -0.325 e. The molecule has 0 bridgehead atoms.